The Morgan fingerprint density at radius 1 is 1.10 bits per heavy atom. The molecule has 4 nitrogen and oxygen atoms in total. The minimum Gasteiger partial charge on any atom is -0.373 e. The third-order valence-electron chi connectivity index (χ3n) is 3.93. The molecule has 0 spiro atoms. The molecule has 3 rings (SSSR count). The van der Waals surface area contributed by atoms with Crippen molar-refractivity contribution >= 4 is 11.6 Å². The molecule has 2 N–H and O–H groups in total. The van der Waals surface area contributed by atoms with E-state index in [0.29, 0.717) is 6.04 Å². The van der Waals surface area contributed by atoms with Crippen LogP contribution in [0.5, 0.6) is 0 Å². The van der Waals surface area contributed by atoms with Crippen LogP contribution in [-0.2, 0) is 19.3 Å². The van der Waals surface area contributed by atoms with Gasteiger partial charge in [-0.05, 0) is 30.4 Å². The van der Waals surface area contributed by atoms with Crippen LogP contribution in [-0.4, -0.2) is 23.1 Å². The number of nitrogens with one attached hydrogen (secondary N) is 2. The van der Waals surface area contributed by atoms with Crippen LogP contribution in [0.2, 0.25) is 0 Å². The highest BCUT2D eigenvalue weighted by atomic mass is 15.1. The number of hydrogen-bond acceptors (Lipinski definition) is 4. The Bertz CT molecular complexity index is 584. The van der Waals surface area contributed by atoms with Crippen molar-refractivity contribution < 1.29 is 0 Å². The minimum absolute atomic E-state index is 0.428. The van der Waals surface area contributed by atoms with Crippen LogP contribution in [0.25, 0.3) is 0 Å². The smallest absolute Gasteiger partial charge is 0.134 e. The summed E-state index contributed by atoms with van der Waals surface area (Å²) in [7, 11) is 1.90. The summed E-state index contributed by atoms with van der Waals surface area (Å²) in [5.74, 6) is 1.88. The van der Waals surface area contributed by atoms with Crippen molar-refractivity contribution in [2.75, 3.05) is 17.7 Å². The molecule has 0 bridgehead atoms. The van der Waals surface area contributed by atoms with E-state index in [1.807, 2.05) is 7.05 Å². The van der Waals surface area contributed by atoms with E-state index in [-0.39, 0.29) is 0 Å². The number of aromatic nitrogens is 2. The van der Waals surface area contributed by atoms with Gasteiger partial charge in [-0.2, -0.15) is 0 Å². The van der Waals surface area contributed by atoms with E-state index in [2.05, 4.69) is 51.8 Å². The minimum atomic E-state index is 0.428. The SMILES string of the molecule is CCc1c(NC)ncnc1NC1Cc2ccccc2C1. The topological polar surface area (TPSA) is 49.8 Å². The molecule has 0 atom stereocenters. The number of rotatable bonds is 4. The molecular formula is C16H20N4. The highest BCUT2D eigenvalue weighted by molar-refractivity contribution is 5.58. The van der Waals surface area contributed by atoms with Crippen molar-refractivity contribution in [2.24, 2.45) is 0 Å². The lowest BCUT2D eigenvalue weighted by molar-refractivity contribution is 0.764. The number of anilines is 2. The third kappa shape index (κ3) is 2.33. The van der Waals surface area contributed by atoms with Crippen molar-refractivity contribution in [1.29, 1.82) is 0 Å². The Kier molecular flexibility index (Phi) is 3.54. The summed E-state index contributed by atoms with van der Waals surface area (Å²) in [5.41, 5.74) is 4.06. The van der Waals surface area contributed by atoms with Crippen molar-refractivity contribution in [3.63, 3.8) is 0 Å². The number of nitrogens with zero attached hydrogens (tertiary/aromatic N) is 2. The third-order valence-corrected chi connectivity index (χ3v) is 3.93. The molecule has 104 valence electrons. The maximum absolute atomic E-state index is 4.42. The molecule has 0 radical (unpaired) electrons. The summed E-state index contributed by atoms with van der Waals surface area (Å²) in [6.45, 7) is 2.13. The predicted molar refractivity (Wildman–Crippen MR) is 82.2 cm³/mol. The van der Waals surface area contributed by atoms with Crippen LogP contribution in [0.15, 0.2) is 30.6 Å². The molecule has 1 heterocycles. The predicted octanol–water partition coefficient (Wildman–Crippen LogP) is 2.66. The average Bonchev–Trinajstić information content (AvgIpc) is 2.89. The molecule has 0 unspecified atom stereocenters. The van der Waals surface area contributed by atoms with Crippen molar-refractivity contribution in [1.82, 2.24) is 9.97 Å². The molecule has 1 aromatic carbocycles. The summed E-state index contributed by atoms with van der Waals surface area (Å²) in [4.78, 5) is 8.70. The lowest BCUT2D eigenvalue weighted by atomic mass is 10.1. The van der Waals surface area contributed by atoms with Gasteiger partial charge in [0.1, 0.15) is 18.0 Å². The molecule has 20 heavy (non-hydrogen) atoms. The van der Waals surface area contributed by atoms with Crippen molar-refractivity contribution in [3.8, 4) is 0 Å². The second kappa shape index (κ2) is 5.49. The molecule has 2 aromatic rings. The molecule has 0 fully saturated rings. The quantitative estimate of drug-likeness (QED) is 0.895. The molecule has 0 saturated heterocycles. The van der Waals surface area contributed by atoms with Gasteiger partial charge in [-0.15, -0.1) is 0 Å². The highest BCUT2D eigenvalue weighted by Gasteiger charge is 2.22. The van der Waals surface area contributed by atoms with E-state index in [4.69, 9.17) is 0 Å². The van der Waals surface area contributed by atoms with E-state index in [1.165, 1.54) is 11.1 Å². The fourth-order valence-electron chi connectivity index (χ4n) is 2.94. The average molecular weight is 268 g/mol. The zero-order valence-corrected chi connectivity index (χ0v) is 12.0. The summed E-state index contributed by atoms with van der Waals surface area (Å²) < 4.78 is 0. The fourth-order valence-corrected chi connectivity index (χ4v) is 2.94. The van der Waals surface area contributed by atoms with Gasteiger partial charge in [0.15, 0.2) is 0 Å². The first-order chi connectivity index (χ1) is 9.81. The van der Waals surface area contributed by atoms with Crippen molar-refractivity contribution in [2.45, 2.75) is 32.2 Å². The largest absolute Gasteiger partial charge is 0.373 e. The van der Waals surface area contributed by atoms with Gasteiger partial charge in [0, 0.05) is 18.7 Å². The van der Waals surface area contributed by atoms with Crippen LogP contribution in [0, 0.1) is 0 Å². The second-order valence-electron chi connectivity index (χ2n) is 5.17. The molecule has 0 amide bonds. The Labute approximate surface area is 119 Å². The van der Waals surface area contributed by atoms with Crippen LogP contribution >= 0.6 is 0 Å². The van der Waals surface area contributed by atoms with Crippen LogP contribution < -0.4 is 10.6 Å². The first-order valence-electron chi connectivity index (χ1n) is 7.16. The van der Waals surface area contributed by atoms with E-state index < -0.39 is 0 Å². The molecule has 0 aliphatic heterocycles. The van der Waals surface area contributed by atoms with E-state index >= 15 is 0 Å². The Balaban J connectivity index is 1.80. The maximum atomic E-state index is 4.42. The van der Waals surface area contributed by atoms with Crippen molar-refractivity contribution in [3.05, 3.63) is 47.3 Å². The van der Waals surface area contributed by atoms with Gasteiger partial charge in [0.05, 0.1) is 0 Å². The number of hydrogen-bond donors (Lipinski definition) is 2. The summed E-state index contributed by atoms with van der Waals surface area (Å²) in [5, 5.41) is 6.73. The maximum Gasteiger partial charge on any atom is 0.134 e. The standard InChI is InChI=1S/C16H20N4/c1-3-14-15(17-2)18-10-19-16(14)20-13-8-11-6-4-5-7-12(11)9-13/h4-7,10,13H,3,8-9H2,1-2H3,(H2,17,18,19,20). The highest BCUT2D eigenvalue weighted by Crippen LogP contribution is 2.26. The molecule has 4 heteroatoms. The number of fused-ring (bicyclic) bond motifs is 1. The normalized spacial score (nSPS) is 14.1. The molecular weight excluding hydrogens is 248 g/mol. The van der Waals surface area contributed by atoms with Gasteiger partial charge in [-0.3, -0.25) is 0 Å². The van der Waals surface area contributed by atoms with E-state index in [9.17, 15) is 0 Å². The lowest BCUT2D eigenvalue weighted by Crippen LogP contribution is -2.21. The lowest BCUT2D eigenvalue weighted by Gasteiger charge is -2.17. The summed E-state index contributed by atoms with van der Waals surface area (Å²) in [6.07, 6.45) is 4.67. The first-order valence-corrected chi connectivity index (χ1v) is 7.16. The van der Waals surface area contributed by atoms with Gasteiger partial charge in [0.2, 0.25) is 0 Å². The Morgan fingerprint density at radius 3 is 2.35 bits per heavy atom. The first kappa shape index (κ1) is 12.9. The second-order valence-corrected chi connectivity index (χ2v) is 5.17. The monoisotopic (exact) mass is 268 g/mol. The Hall–Kier alpha value is -2.10. The molecule has 1 aliphatic carbocycles. The van der Waals surface area contributed by atoms with Crippen LogP contribution in [0.1, 0.15) is 23.6 Å². The van der Waals surface area contributed by atoms with Gasteiger partial charge in [-0.1, -0.05) is 31.2 Å². The zero-order valence-electron chi connectivity index (χ0n) is 12.0. The molecule has 0 saturated carbocycles. The van der Waals surface area contributed by atoms with Gasteiger partial charge < -0.3 is 10.6 Å². The molecule has 1 aromatic heterocycles. The molecule has 1 aliphatic rings. The zero-order chi connectivity index (χ0) is 13.9. The van der Waals surface area contributed by atoms with Crippen LogP contribution in [0.3, 0.4) is 0 Å². The van der Waals surface area contributed by atoms with Crippen LogP contribution in [0.4, 0.5) is 11.6 Å². The fraction of sp³-hybridized carbons (Fsp3) is 0.375. The summed E-state index contributed by atoms with van der Waals surface area (Å²) >= 11 is 0. The van der Waals surface area contributed by atoms with Gasteiger partial charge in [-0.25, -0.2) is 9.97 Å². The Morgan fingerprint density at radius 2 is 1.75 bits per heavy atom. The van der Waals surface area contributed by atoms with Gasteiger partial charge >= 0.3 is 0 Å². The summed E-state index contributed by atoms with van der Waals surface area (Å²) in [6, 6.07) is 9.09. The number of benzene rings is 1. The van der Waals surface area contributed by atoms with E-state index in [1.54, 1.807) is 6.33 Å². The van der Waals surface area contributed by atoms with E-state index in [0.717, 1.165) is 36.5 Å². The van der Waals surface area contributed by atoms with Gasteiger partial charge in [0.25, 0.3) is 0 Å².